The summed E-state index contributed by atoms with van der Waals surface area (Å²) in [7, 11) is 1.98. The first-order valence-electron chi connectivity index (χ1n) is 6.41. The molecule has 0 saturated carbocycles. The third-order valence-corrected chi connectivity index (χ3v) is 3.38. The van der Waals surface area contributed by atoms with Crippen LogP contribution in [0.15, 0.2) is 53.2 Å². The molecule has 1 aliphatic rings. The van der Waals surface area contributed by atoms with Gasteiger partial charge >= 0.3 is 0 Å². The quantitative estimate of drug-likeness (QED) is 0.579. The van der Waals surface area contributed by atoms with Crippen LogP contribution in [0.5, 0.6) is 0 Å². The van der Waals surface area contributed by atoms with E-state index in [2.05, 4.69) is 35.6 Å². The zero-order valence-corrected chi connectivity index (χ0v) is 12.0. The molecule has 0 heterocycles. The van der Waals surface area contributed by atoms with Crippen molar-refractivity contribution in [3.63, 3.8) is 0 Å². The zero-order chi connectivity index (χ0) is 13.7. The van der Waals surface area contributed by atoms with Crippen LogP contribution in [0.3, 0.4) is 0 Å². The molecule has 0 amide bonds. The first-order valence-corrected chi connectivity index (χ1v) is 6.41. The van der Waals surface area contributed by atoms with Crippen molar-refractivity contribution < 1.29 is 0 Å². The van der Waals surface area contributed by atoms with Crippen molar-refractivity contribution in [1.29, 1.82) is 0 Å². The molecule has 0 aromatic rings. The third kappa shape index (κ3) is 3.30. The van der Waals surface area contributed by atoms with E-state index in [4.69, 9.17) is 0 Å². The lowest BCUT2D eigenvalue weighted by molar-refractivity contribution is 0.508. The van der Waals surface area contributed by atoms with Crippen molar-refractivity contribution in [3.05, 3.63) is 48.2 Å². The van der Waals surface area contributed by atoms with Crippen molar-refractivity contribution in [2.75, 3.05) is 7.05 Å². The van der Waals surface area contributed by atoms with E-state index in [1.165, 1.54) is 0 Å². The van der Waals surface area contributed by atoms with Crippen LogP contribution in [-0.2, 0) is 0 Å². The van der Waals surface area contributed by atoms with Crippen molar-refractivity contribution in [2.45, 2.75) is 33.2 Å². The van der Waals surface area contributed by atoms with Gasteiger partial charge in [0.15, 0.2) is 0 Å². The van der Waals surface area contributed by atoms with Crippen molar-refractivity contribution in [3.8, 4) is 0 Å². The predicted octanol–water partition coefficient (Wildman–Crippen LogP) is 3.65. The number of rotatable bonds is 5. The minimum absolute atomic E-state index is 0.253. The first-order chi connectivity index (χ1) is 8.51. The molecule has 0 spiro atoms. The summed E-state index contributed by atoms with van der Waals surface area (Å²) in [5.74, 6) is 0.405. The van der Waals surface area contributed by atoms with E-state index in [-0.39, 0.29) is 6.04 Å². The van der Waals surface area contributed by atoms with Crippen molar-refractivity contribution >= 4 is 5.71 Å². The molecule has 0 aliphatic heterocycles. The van der Waals surface area contributed by atoms with Gasteiger partial charge in [0.25, 0.3) is 0 Å². The van der Waals surface area contributed by atoms with Gasteiger partial charge < -0.3 is 5.32 Å². The normalized spacial score (nSPS) is 24.4. The number of hydrogen-bond donors (Lipinski definition) is 1. The molecule has 2 unspecified atom stereocenters. The minimum Gasteiger partial charge on any atom is -0.311 e. The van der Waals surface area contributed by atoms with Gasteiger partial charge in [0.2, 0.25) is 0 Å². The van der Waals surface area contributed by atoms with Gasteiger partial charge in [-0.25, -0.2) is 0 Å². The lowest BCUT2D eigenvalue weighted by Gasteiger charge is -2.21. The molecular weight excluding hydrogens is 220 g/mol. The summed E-state index contributed by atoms with van der Waals surface area (Å²) in [6.45, 7) is 14.1. The van der Waals surface area contributed by atoms with E-state index in [0.29, 0.717) is 5.92 Å². The zero-order valence-electron chi connectivity index (χ0n) is 12.0. The second kappa shape index (κ2) is 6.50. The van der Waals surface area contributed by atoms with Gasteiger partial charge in [-0.2, -0.15) is 0 Å². The van der Waals surface area contributed by atoms with Gasteiger partial charge in [0.05, 0.1) is 11.7 Å². The van der Waals surface area contributed by atoms with Gasteiger partial charge in [-0.3, -0.25) is 4.99 Å². The lowest BCUT2D eigenvalue weighted by atomic mass is 9.93. The van der Waals surface area contributed by atoms with Crippen LogP contribution >= 0.6 is 0 Å². The summed E-state index contributed by atoms with van der Waals surface area (Å²) < 4.78 is 0. The molecule has 0 radical (unpaired) electrons. The maximum atomic E-state index is 4.67. The van der Waals surface area contributed by atoms with Crippen LogP contribution in [0.1, 0.15) is 27.2 Å². The van der Waals surface area contributed by atoms with Crippen LogP contribution in [0, 0.1) is 5.92 Å². The average Bonchev–Trinajstić information content (AvgIpc) is 2.72. The van der Waals surface area contributed by atoms with E-state index >= 15 is 0 Å². The molecule has 1 N–H and O–H groups in total. The summed E-state index contributed by atoms with van der Waals surface area (Å²) in [5.41, 5.74) is 4.28. The number of nitrogens with one attached hydrogen (secondary N) is 1. The van der Waals surface area contributed by atoms with Crippen LogP contribution in [0.2, 0.25) is 0 Å². The highest BCUT2D eigenvalue weighted by atomic mass is 15.0. The van der Waals surface area contributed by atoms with Crippen LogP contribution < -0.4 is 5.32 Å². The van der Waals surface area contributed by atoms with E-state index in [1.54, 1.807) is 0 Å². The van der Waals surface area contributed by atoms with Crippen LogP contribution in [-0.4, -0.2) is 18.8 Å². The van der Waals surface area contributed by atoms with Crippen molar-refractivity contribution in [1.82, 2.24) is 5.32 Å². The van der Waals surface area contributed by atoms with Crippen LogP contribution in [0.25, 0.3) is 0 Å². The van der Waals surface area contributed by atoms with Crippen molar-refractivity contribution in [2.24, 2.45) is 10.9 Å². The number of nitrogens with zero attached hydrogens (tertiary/aromatic N) is 1. The fourth-order valence-electron chi connectivity index (χ4n) is 2.17. The molecule has 0 fully saturated rings. The number of hydrogen-bond acceptors (Lipinski definition) is 2. The molecule has 1 aliphatic carbocycles. The lowest BCUT2D eigenvalue weighted by Crippen LogP contribution is -2.32. The molecule has 0 aromatic carbocycles. The highest BCUT2D eigenvalue weighted by Gasteiger charge is 2.29. The van der Waals surface area contributed by atoms with E-state index in [0.717, 1.165) is 29.0 Å². The van der Waals surface area contributed by atoms with E-state index in [9.17, 15) is 0 Å². The van der Waals surface area contributed by atoms with Gasteiger partial charge in [-0.15, -0.1) is 0 Å². The SMILES string of the molecule is C=C(C)/C(C)=N\C1=CCC(C(=C)/C=C\C)C1NC. The molecule has 98 valence electrons. The largest absolute Gasteiger partial charge is 0.311 e. The Bertz CT molecular complexity index is 424. The van der Waals surface area contributed by atoms with Gasteiger partial charge in [-0.05, 0) is 39.8 Å². The molecule has 0 saturated heterocycles. The summed E-state index contributed by atoms with van der Waals surface area (Å²) in [5, 5.41) is 3.35. The Morgan fingerprint density at radius 3 is 2.61 bits per heavy atom. The number of aliphatic imine (C=N–C) groups is 1. The van der Waals surface area contributed by atoms with Crippen LogP contribution in [0.4, 0.5) is 0 Å². The monoisotopic (exact) mass is 244 g/mol. The highest BCUT2D eigenvalue weighted by molar-refractivity contribution is 5.97. The molecule has 2 atom stereocenters. The predicted molar refractivity (Wildman–Crippen MR) is 80.9 cm³/mol. The van der Waals surface area contributed by atoms with Gasteiger partial charge in [-0.1, -0.05) is 37.0 Å². The fourth-order valence-corrected chi connectivity index (χ4v) is 2.17. The summed E-state index contributed by atoms with van der Waals surface area (Å²) in [6, 6.07) is 0.253. The Morgan fingerprint density at radius 1 is 1.44 bits per heavy atom. The second-order valence-corrected chi connectivity index (χ2v) is 4.79. The minimum atomic E-state index is 0.253. The summed E-state index contributed by atoms with van der Waals surface area (Å²) >= 11 is 0. The summed E-state index contributed by atoms with van der Waals surface area (Å²) in [4.78, 5) is 4.67. The number of allylic oxidation sites excluding steroid dienone is 4. The standard InChI is InChI=1S/C16H24N2/c1-7-8-12(4)14-9-10-15(16(14)17-6)18-13(5)11(2)3/h7-8,10,14,16-17H,2,4,9H2,1,3,5-6H3/b8-7-,18-13-. The average molecular weight is 244 g/mol. The van der Waals surface area contributed by atoms with E-state index in [1.807, 2.05) is 33.9 Å². The van der Waals surface area contributed by atoms with Gasteiger partial charge in [0, 0.05) is 11.6 Å². The highest BCUT2D eigenvalue weighted by Crippen LogP contribution is 2.32. The Kier molecular flexibility index (Phi) is 5.29. The maximum absolute atomic E-state index is 4.67. The Balaban J connectivity index is 2.89. The molecule has 0 aromatic heterocycles. The van der Waals surface area contributed by atoms with E-state index < -0.39 is 0 Å². The first kappa shape index (κ1) is 14.7. The molecule has 2 heteroatoms. The number of likely N-dealkylation sites (N-methyl/N-ethyl adjacent to an activating group) is 1. The molecular formula is C16H24N2. The Hall–Kier alpha value is -1.41. The molecule has 2 nitrogen and oxygen atoms in total. The Morgan fingerprint density at radius 2 is 2.11 bits per heavy atom. The molecule has 1 rings (SSSR count). The molecule has 18 heavy (non-hydrogen) atoms. The Labute approximate surface area is 111 Å². The molecule has 0 bridgehead atoms. The second-order valence-electron chi connectivity index (χ2n) is 4.79. The fraction of sp³-hybridized carbons (Fsp3) is 0.438. The smallest absolute Gasteiger partial charge is 0.0561 e. The summed E-state index contributed by atoms with van der Waals surface area (Å²) in [6.07, 6.45) is 7.32. The third-order valence-electron chi connectivity index (χ3n) is 3.38. The maximum Gasteiger partial charge on any atom is 0.0561 e. The topological polar surface area (TPSA) is 24.4 Å². The van der Waals surface area contributed by atoms with Gasteiger partial charge in [0.1, 0.15) is 0 Å².